The molecule has 0 atom stereocenters. The molecule has 28 heavy (non-hydrogen) atoms. The predicted molar refractivity (Wildman–Crippen MR) is 117 cm³/mol. The first-order chi connectivity index (χ1) is 13.7. The fourth-order valence-corrected chi connectivity index (χ4v) is 3.36. The molecule has 140 valence electrons. The summed E-state index contributed by atoms with van der Waals surface area (Å²) in [6.07, 6.45) is 1.72. The topological polar surface area (TPSA) is 62.3 Å². The Morgan fingerprint density at radius 1 is 1.11 bits per heavy atom. The van der Waals surface area contributed by atoms with E-state index in [-0.39, 0.29) is 0 Å². The Morgan fingerprint density at radius 3 is 2.75 bits per heavy atom. The molecule has 0 fully saturated rings. The second-order valence-corrected chi connectivity index (χ2v) is 7.30. The number of hydrogen-bond donors (Lipinski definition) is 2. The van der Waals surface area contributed by atoms with E-state index in [2.05, 4.69) is 36.4 Å². The van der Waals surface area contributed by atoms with Crippen molar-refractivity contribution < 1.29 is 4.74 Å². The Labute approximate surface area is 175 Å². The van der Waals surface area contributed by atoms with Crippen molar-refractivity contribution in [2.45, 2.75) is 6.61 Å². The maximum absolute atomic E-state index is 6.17. The lowest BCUT2D eigenvalue weighted by molar-refractivity contribution is 0.304. The quantitative estimate of drug-likeness (QED) is 0.277. The third-order valence-corrected chi connectivity index (χ3v) is 5.06. The zero-order valence-electron chi connectivity index (χ0n) is 14.7. The number of nitrogens with zero attached hydrogens (tertiary/aromatic N) is 2. The van der Waals surface area contributed by atoms with Crippen LogP contribution in [0.15, 0.2) is 76.3 Å². The van der Waals surface area contributed by atoms with E-state index in [1.807, 2.05) is 66.7 Å². The Hall–Kier alpha value is -2.83. The van der Waals surface area contributed by atoms with Crippen LogP contribution in [0, 0.1) is 0 Å². The Balaban J connectivity index is 1.39. The molecule has 0 radical (unpaired) electrons. The maximum Gasteiger partial charge on any atom is 0.222 e. The van der Waals surface area contributed by atoms with E-state index < -0.39 is 0 Å². The first-order valence-electron chi connectivity index (χ1n) is 8.58. The minimum absolute atomic E-state index is 0.402. The number of benzene rings is 3. The summed E-state index contributed by atoms with van der Waals surface area (Å²) in [6.45, 7) is 0.402. The van der Waals surface area contributed by atoms with Gasteiger partial charge in [0.05, 0.1) is 21.7 Å². The van der Waals surface area contributed by atoms with E-state index in [0.29, 0.717) is 17.6 Å². The first-order valence-corrected chi connectivity index (χ1v) is 9.76. The van der Waals surface area contributed by atoms with Crippen molar-refractivity contribution >= 4 is 50.7 Å². The average molecular weight is 456 g/mol. The molecule has 0 bridgehead atoms. The minimum atomic E-state index is 0.402. The maximum atomic E-state index is 6.17. The van der Waals surface area contributed by atoms with Crippen molar-refractivity contribution in [3.05, 3.63) is 87.4 Å². The van der Waals surface area contributed by atoms with Gasteiger partial charge in [-0.3, -0.25) is 0 Å². The normalized spacial score (nSPS) is 11.2. The zero-order valence-corrected chi connectivity index (χ0v) is 17.0. The van der Waals surface area contributed by atoms with Crippen LogP contribution in [0.1, 0.15) is 11.1 Å². The third-order valence-electron chi connectivity index (χ3n) is 4.07. The number of halogens is 2. The van der Waals surface area contributed by atoms with E-state index in [1.165, 1.54) is 0 Å². The molecular weight excluding hydrogens is 440 g/mol. The van der Waals surface area contributed by atoms with Crippen LogP contribution in [0.25, 0.3) is 11.0 Å². The highest BCUT2D eigenvalue weighted by atomic mass is 79.9. The van der Waals surface area contributed by atoms with Crippen molar-refractivity contribution in [3.63, 3.8) is 0 Å². The van der Waals surface area contributed by atoms with E-state index in [4.69, 9.17) is 16.3 Å². The third kappa shape index (κ3) is 4.35. The molecule has 7 heteroatoms. The lowest BCUT2D eigenvalue weighted by Crippen LogP contribution is -1.97. The molecule has 0 amide bonds. The molecule has 0 aliphatic heterocycles. The van der Waals surface area contributed by atoms with Gasteiger partial charge in [-0.25, -0.2) is 10.4 Å². The van der Waals surface area contributed by atoms with Crippen LogP contribution in [0.2, 0.25) is 5.02 Å². The van der Waals surface area contributed by atoms with Gasteiger partial charge in [-0.1, -0.05) is 41.9 Å². The second-order valence-electron chi connectivity index (χ2n) is 6.04. The Morgan fingerprint density at radius 2 is 1.93 bits per heavy atom. The highest BCUT2D eigenvalue weighted by Crippen LogP contribution is 2.27. The Bertz CT molecular complexity index is 1110. The summed E-state index contributed by atoms with van der Waals surface area (Å²) in [7, 11) is 0. The summed E-state index contributed by atoms with van der Waals surface area (Å²) < 4.78 is 6.70. The molecule has 0 saturated carbocycles. The molecule has 1 aromatic heterocycles. The summed E-state index contributed by atoms with van der Waals surface area (Å²) in [5, 5.41) is 4.93. The minimum Gasteiger partial charge on any atom is -0.488 e. The van der Waals surface area contributed by atoms with Gasteiger partial charge in [-0.2, -0.15) is 5.10 Å². The molecule has 5 nitrogen and oxygen atoms in total. The molecule has 1 heterocycles. The number of ether oxygens (including phenoxy) is 1. The van der Waals surface area contributed by atoms with Crippen molar-refractivity contribution in [2.75, 3.05) is 5.43 Å². The van der Waals surface area contributed by atoms with Crippen LogP contribution in [0.4, 0.5) is 5.95 Å². The number of hydrazone groups is 1. The SMILES string of the molecule is Clc1ccccc1COc1ccc(/C=N/Nc2nc3ccccc3[nH]2)cc1Br. The van der Waals surface area contributed by atoms with Gasteiger partial charge in [0, 0.05) is 10.6 Å². The highest BCUT2D eigenvalue weighted by molar-refractivity contribution is 9.10. The number of rotatable bonds is 6. The smallest absolute Gasteiger partial charge is 0.222 e. The van der Waals surface area contributed by atoms with Gasteiger partial charge >= 0.3 is 0 Å². The van der Waals surface area contributed by atoms with Gasteiger partial charge in [0.25, 0.3) is 0 Å². The number of imidazole rings is 1. The summed E-state index contributed by atoms with van der Waals surface area (Å²) in [5.74, 6) is 1.33. The molecule has 0 unspecified atom stereocenters. The number of aromatic nitrogens is 2. The van der Waals surface area contributed by atoms with Crippen LogP contribution in [-0.4, -0.2) is 16.2 Å². The van der Waals surface area contributed by atoms with E-state index in [1.54, 1.807) is 6.21 Å². The average Bonchev–Trinajstić information content (AvgIpc) is 3.11. The zero-order chi connectivity index (χ0) is 19.3. The van der Waals surface area contributed by atoms with Gasteiger partial charge in [0.1, 0.15) is 12.4 Å². The molecule has 4 aromatic rings. The fraction of sp³-hybridized carbons (Fsp3) is 0.0476. The summed E-state index contributed by atoms with van der Waals surface area (Å²) >= 11 is 9.71. The van der Waals surface area contributed by atoms with Crippen molar-refractivity contribution in [1.82, 2.24) is 9.97 Å². The largest absolute Gasteiger partial charge is 0.488 e. The van der Waals surface area contributed by atoms with Crippen molar-refractivity contribution in [2.24, 2.45) is 5.10 Å². The summed E-state index contributed by atoms with van der Waals surface area (Å²) in [4.78, 5) is 7.58. The number of H-pyrrole nitrogens is 1. The number of aromatic amines is 1. The fourth-order valence-electron chi connectivity index (χ4n) is 2.66. The van der Waals surface area contributed by atoms with Crippen LogP contribution in [-0.2, 0) is 6.61 Å². The molecular formula is C21H16BrClN4O. The standard InChI is InChI=1S/C21H16BrClN4O/c22-16-11-14(9-10-20(16)28-13-15-5-1-2-6-17(15)23)12-24-27-21-25-18-7-3-4-8-19(18)26-21/h1-12H,13H2,(H2,25,26,27)/b24-12+. The molecule has 0 aliphatic rings. The van der Waals surface area contributed by atoms with Crippen LogP contribution < -0.4 is 10.2 Å². The monoisotopic (exact) mass is 454 g/mol. The number of nitrogens with one attached hydrogen (secondary N) is 2. The predicted octanol–water partition coefficient (Wildman–Crippen LogP) is 6.00. The van der Waals surface area contributed by atoms with Crippen LogP contribution >= 0.6 is 27.5 Å². The van der Waals surface area contributed by atoms with Crippen LogP contribution in [0.5, 0.6) is 5.75 Å². The van der Waals surface area contributed by atoms with Gasteiger partial charge in [-0.15, -0.1) is 0 Å². The molecule has 0 spiro atoms. The lowest BCUT2D eigenvalue weighted by Gasteiger charge is -2.10. The first kappa shape index (κ1) is 18.5. The molecule has 3 aromatic carbocycles. The van der Waals surface area contributed by atoms with Crippen molar-refractivity contribution in [1.29, 1.82) is 0 Å². The van der Waals surface area contributed by atoms with Gasteiger partial charge < -0.3 is 9.72 Å². The van der Waals surface area contributed by atoms with Crippen molar-refractivity contribution in [3.8, 4) is 5.75 Å². The van der Waals surface area contributed by atoms with Gasteiger partial charge in [-0.05, 0) is 57.9 Å². The number of anilines is 1. The van der Waals surface area contributed by atoms with E-state index in [0.717, 1.165) is 32.4 Å². The highest BCUT2D eigenvalue weighted by Gasteiger charge is 2.05. The van der Waals surface area contributed by atoms with Gasteiger partial charge in [0.15, 0.2) is 0 Å². The number of hydrogen-bond acceptors (Lipinski definition) is 4. The Kier molecular flexibility index (Phi) is 5.60. The number of fused-ring (bicyclic) bond motifs is 1. The van der Waals surface area contributed by atoms with Crippen LogP contribution in [0.3, 0.4) is 0 Å². The summed E-state index contributed by atoms with van der Waals surface area (Å²) in [6, 6.07) is 21.2. The molecule has 0 saturated heterocycles. The lowest BCUT2D eigenvalue weighted by atomic mass is 10.2. The van der Waals surface area contributed by atoms with Gasteiger partial charge in [0.2, 0.25) is 5.95 Å². The molecule has 2 N–H and O–H groups in total. The molecule has 4 rings (SSSR count). The van der Waals surface area contributed by atoms with E-state index >= 15 is 0 Å². The summed E-state index contributed by atoms with van der Waals surface area (Å²) in [5.41, 5.74) is 6.62. The van der Waals surface area contributed by atoms with E-state index in [9.17, 15) is 0 Å². The number of para-hydroxylation sites is 2. The second kappa shape index (κ2) is 8.46. The molecule has 0 aliphatic carbocycles.